The van der Waals surface area contributed by atoms with Crippen LogP contribution in [0.15, 0.2) is 72.8 Å². The molecule has 0 saturated carbocycles. The number of aryl methyl sites for hydroxylation is 2. The largest absolute Gasteiger partial charge is 0.452 e. The first kappa shape index (κ1) is 20.9. The summed E-state index contributed by atoms with van der Waals surface area (Å²) in [5.74, 6) is -0.945. The molecule has 2 amide bonds. The van der Waals surface area contributed by atoms with Crippen molar-refractivity contribution in [2.75, 3.05) is 23.0 Å². The first-order valence-electron chi connectivity index (χ1n) is 11.2. The molecule has 0 aromatic heterocycles. The normalized spacial score (nSPS) is 15.0. The van der Waals surface area contributed by atoms with E-state index in [-0.39, 0.29) is 17.4 Å². The van der Waals surface area contributed by atoms with Gasteiger partial charge in [0.15, 0.2) is 6.61 Å². The highest BCUT2D eigenvalue weighted by atomic mass is 16.5. The maximum absolute atomic E-state index is 13.4. The van der Waals surface area contributed by atoms with Gasteiger partial charge in [0.1, 0.15) is 0 Å². The first-order chi connectivity index (χ1) is 16.1. The number of rotatable bonds is 4. The number of nitrogens with zero attached hydrogens (tertiary/aromatic N) is 2. The molecule has 2 aliphatic rings. The molecule has 2 heterocycles. The number of esters is 1. The van der Waals surface area contributed by atoms with Gasteiger partial charge in [-0.3, -0.25) is 14.5 Å². The Morgan fingerprint density at radius 3 is 1.94 bits per heavy atom. The van der Waals surface area contributed by atoms with E-state index in [0.717, 1.165) is 41.8 Å². The topological polar surface area (TPSA) is 66.9 Å². The molecule has 2 aliphatic heterocycles. The molecule has 6 nitrogen and oxygen atoms in total. The molecule has 5 rings (SSSR count). The minimum absolute atomic E-state index is 0.0101. The zero-order chi connectivity index (χ0) is 22.8. The molecular weight excluding hydrogens is 416 g/mol. The van der Waals surface area contributed by atoms with E-state index in [0.29, 0.717) is 18.7 Å². The molecular formula is C27H24N2O4. The van der Waals surface area contributed by atoms with E-state index >= 15 is 0 Å². The number of ether oxygens (including phenoxy) is 1. The highest BCUT2D eigenvalue weighted by molar-refractivity contribution is 6.06. The molecule has 3 aromatic carbocycles. The number of para-hydroxylation sites is 3. The third-order valence-corrected chi connectivity index (χ3v) is 6.19. The monoisotopic (exact) mass is 440 g/mol. The van der Waals surface area contributed by atoms with Crippen molar-refractivity contribution in [1.29, 1.82) is 0 Å². The van der Waals surface area contributed by atoms with Gasteiger partial charge in [0.2, 0.25) is 5.91 Å². The van der Waals surface area contributed by atoms with Crippen LogP contribution in [-0.2, 0) is 27.2 Å². The molecule has 0 bridgehead atoms. The van der Waals surface area contributed by atoms with Gasteiger partial charge in [0.05, 0.1) is 22.6 Å². The standard InChI is InChI=1S/C27H24N2O4/c30-25-14-7-17-28(25)24-13-6-3-10-21(24)27(32)33-18-26(31)29-22-11-4-1-8-19(22)15-16-20-9-2-5-12-23(20)29/h1-6,8-13H,7,14-18H2. The molecule has 1 saturated heterocycles. The third kappa shape index (κ3) is 4.00. The minimum atomic E-state index is -0.616. The number of hydrogen-bond donors (Lipinski definition) is 0. The second kappa shape index (κ2) is 8.90. The summed E-state index contributed by atoms with van der Waals surface area (Å²) in [5.41, 5.74) is 4.59. The SMILES string of the molecule is O=C(OCC(=O)N1c2ccccc2CCc2ccccc21)c1ccccc1N1CCCC1=O. The Kier molecular flexibility index (Phi) is 5.65. The summed E-state index contributed by atoms with van der Waals surface area (Å²) in [4.78, 5) is 41.8. The molecule has 0 atom stereocenters. The van der Waals surface area contributed by atoms with Crippen LogP contribution in [0, 0.1) is 0 Å². The van der Waals surface area contributed by atoms with Gasteiger partial charge in [-0.05, 0) is 54.7 Å². The van der Waals surface area contributed by atoms with Crippen LogP contribution in [0.4, 0.5) is 17.1 Å². The van der Waals surface area contributed by atoms with Crippen molar-refractivity contribution in [2.24, 2.45) is 0 Å². The number of anilines is 3. The summed E-state index contributed by atoms with van der Waals surface area (Å²) in [6, 6.07) is 22.5. The van der Waals surface area contributed by atoms with E-state index in [1.165, 1.54) is 0 Å². The Hall–Kier alpha value is -3.93. The molecule has 1 fully saturated rings. The van der Waals surface area contributed by atoms with Crippen molar-refractivity contribution >= 4 is 34.8 Å². The van der Waals surface area contributed by atoms with Crippen molar-refractivity contribution in [3.05, 3.63) is 89.5 Å². The Bertz CT molecular complexity index is 1190. The second-order valence-corrected chi connectivity index (χ2v) is 8.23. The quantitative estimate of drug-likeness (QED) is 0.563. The Morgan fingerprint density at radius 2 is 1.33 bits per heavy atom. The Morgan fingerprint density at radius 1 is 0.758 bits per heavy atom. The molecule has 166 valence electrons. The van der Waals surface area contributed by atoms with E-state index in [1.807, 2.05) is 48.5 Å². The van der Waals surface area contributed by atoms with Gasteiger partial charge in [-0.1, -0.05) is 48.5 Å². The molecule has 3 aromatic rings. The smallest absolute Gasteiger partial charge is 0.340 e. The van der Waals surface area contributed by atoms with E-state index < -0.39 is 12.6 Å². The van der Waals surface area contributed by atoms with Crippen LogP contribution >= 0.6 is 0 Å². The molecule has 0 N–H and O–H groups in total. The molecule has 0 unspecified atom stereocenters. The van der Waals surface area contributed by atoms with Gasteiger partial charge in [-0.25, -0.2) is 4.79 Å². The van der Waals surface area contributed by atoms with Crippen LogP contribution < -0.4 is 9.80 Å². The summed E-state index contributed by atoms with van der Waals surface area (Å²) in [7, 11) is 0. The van der Waals surface area contributed by atoms with Crippen molar-refractivity contribution in [2.45, 2.75) is 25.7 Å². The van der Waals surface area contributed by atoms with E-state index in [2.05, 4.69) is 0 Å². The highest BCUT2D eigenvalue weighted by Crippen LogP contribution is 2.36. The van der Waals surface area contributed by atoms with Gasteiger partial charge in [-0.2, -0.15) is 0 Å². The lowest BCUT2D eigenvalue weighted by Crippen LogP contribution is -2.32. The summed E-state index contributed by atoms with van der Waals surface area (Å²) >= 11 is 0. The molecule has 6 heteroatoms. The van der Waals surface area contributed by atoms with Gasteiger partial charge < -0.3 is 9.64 Å². The summed E-state index contributed by atoms with van der Waals surface area (Å²) < 4.78 is 5.48. The van der Waals surface area contributed by atoms with Gasteiger partial charge >= 0.3 is 5.97 Å². The van der Waals surface area contributed by atoms with E-state index in [4.69, 9.17) is 4.74 Å². The zero-order valence-corrected chi connectivity index (χ0v) is 18.2. The second-order valence-electron chi connectivity index (χ2n) is 8.23. The fraction of sp³-hybridized carbons (Fsp3) is 0.222. The molecule has 33 heavy (non-hydrogen) atoms. The van der Waals surface area contributed by atoms with Crippen molar-refractivity contribution in [1.82, 2.24) is 0 Å². The number of amides is 2. The summed E-state index contributed by atoms with van der Waals surface area (Å²) in [6.07, 6.45) is 2.88. The van der Waals surface area contributed by atoms with Crippen LogP contribution in [0.3, 0.4) is 0 Å². The average Bonchev–Trinajstić information content (AvgIpc) is 3.20. The zero-order valence-electron chi connectivity index (χ0n) is 18.2. The van der Waals surface area contributed by atoms with Crippen molar-refractivity contribution in [3.8, 4) is 0 Å². The maximum Gasteiger partial charge on any atom is 0.340 e. The summed E-state index contributed by atoms with van der Waals surface area (Å²) in [5, 5.41) is 0. The van der Waals surface area contributed by atoms with Crippen LogP contribution in [0.25, 0.3) is 0 Å². The van der Waals surface area contributed by atoms with Crippen molar-refractivity contribution < 1.29 is 19.1 Å². The predicted octanol–water partition coefficient (Wildman–Crippen LogP) is 4.43. The van der Waals surface area contributed by atoms with E-state index in [9.17, 15) is 14.4 Å². The maximum atomic E-state index is 13.4. The van der Waals surface area contributed by atoms with Crippen LogP contribution in [-0.4, -0.2) is 30.9 Å². The Balaban J connectivity index is 1.40. The van der Waals surface area contributed by atoms with E-state index in [1.54, 1.807) is 34.1 Å². The first-order valence-corrected chi connectivity index (χ1v) is 11.2. The van der Waals surface area contributed by atoms with Gasteiger partial charge in [-0.15, -0.1) is 0 Å². The average molecular weight is 440 g/mol. The lowest BCUT2D eigenvalue weighted by Gasteiger charge is -2.25. The number of carbonyl (C=O) groups is 3. The lowest BCUT2D eigenvalue weighted by atomic mass is 10.0. The van der Waals surface area contributed by atoms with Gasteiger partial charge in [0.25, 0.3) is 5.91 Å². The number of carbonyl (C=O) groups excluding carboxylic acids is 3. The van der Waals surface area contributed by atoms with Crippen molar-refractivity contribution in [3.63, 3.8) is 0 Å². The fourth-order valence-corrected chi connectivity index (χ4v) is 4.60. The number of fused-ring (bicyclic) bond motifs is 2. The van der Waals surface area contributed by atoms with Gasteiger partial charge in [0, 0.05) is 13.0 Å². The predicted molar refractivity (Wildman–Crippen MR) is 126 cm³/mol. The molecule has 0 aliphatic carbocycles. The minimum Gasteiger partial charge on any atom is -0.452 e. The van der Waals surface area contributed by atoms with Crippen LogP contribution in [0.2, 0.25) is 0 Å². The lowest BCUT2D eigenvalue weighted by molar-refractivity contribution is -0.121. The van der Waals surface area contributed by atoms with Crippen LogP contribution in [0.5, 0.6) is 0 Å². The Labute approximate surface area is 192 Å². The third-order valence-electron chi connectivity index (χ3n) is 6.19. The molecule has 0 radical (unpaired) electrons. The molecule has 0 spiro atoms. The number of benzene rings is 3. The van der Waals surface area contributed by atoms with Crippen LogP contribution in [0.1, 0.15) is 34.3 Å². The summed E-state index contributed by atoms with van der Waals surface area (Å²) in [6.45, 7) is 0.174. The fourth-order valence-electron chi connectivity index (χ4n) is 4.60. The number of hydrogen-bond acceptors (Lipinski definition) is 4. The highest BCUT2D eigenvalue weighted by Gasteiger charge is 2.29.